The second-order valence-corrected chi connectivity index (χ2v) is 4.54. The van der Waals surface area contributed by atoms with Gasteiger partial charge in [0.1, 0.15) is 11.9 Å². The SMILES string of the molecule is CCCC(=O)NC(C(=O)OC)C(O)c1ccc(OC)cc1. The standard InChI is InChI=1S/C15H21NO5/c1-4-5-12(17)16-13(15(19)21-3)14(18)10-6-8-11(20-2)9-7-10/h6-9,13-14,18H,4-5H2,1-3H3,(H,16,17). The Hall–Kier alpha value is -2.08. The van der Waals surface area contributed by atoms with Crippen molar-refractivity contribution in [3.8, 4) is 5.75 Å². The molecular weight excluding hydrogens is 274 g/mol. The third kappa shape index (κ3) is 4.75. The predicted molar refractivity (Wildman–Crippen MR) is 76.8 cm³/mol. The molecule has 2 N–H and O–H groups in total. The summed E-state index contributed by atoms with van der Waals surface area (Å²) in [6, 6.07) is 5.46. The highest BCUT2D eigenvalue weighted by atomic mass is 16.5. The highest BCUT2D eigenvalue weighted by Crippen LogP contribution is 2.21. The quantitative estimate of drug-likeness (QED) is 0.738. The molecule has 0 aliphatic heterocycles. The number of nitrogens with one attached hydrogen (secondary N) is 1. The summed E-state index contributed by atoms with van der Waals surface area (Å²) in [7, 11) is 2.75. The van der Waals surface area contributed by atoms with E-state index in [1.807, 2.05) is 6.92 Å². The summed E-state index contributed by atoms with van der Waals surface area (Å²) in [5.41, 5.74) is 0.489. The molecule has 0 aromatic heterocycles. The Morgan fingerprint density at radius 1 is 1.24 bits per heavy atom. The molecule has 116 valence electrons. The zero-order valence-corrected chi connectivity index (χ0v) is 12.5. The van der Waals surface area contributed by atoms with Crippen LogP contribution in [-0.2, 0) is 14.3 Å². The number of hydrogen-bond acceptors (Lipinski definition) is 5. The second kappa shape index (κ2) is 8.26. The van der Waals surface area contributed by atoms with E-state index in [9.17, 15) is 14.7 Å². The fourth-order valence-corrected chi connectivity index (χ4v) is 1.86. The van der Waals surface area contributed by atoms with Crippen LogP contribution in [0, 0.1) is 0 Å². The number of rotatable bonds is 7. The number of aliphatic hydroxyl groups is 1. The first-order valence-electron chi connectivity index (χ1n) is 6.72. The van der Waals surface area contributed by atoms with Crippen LogP contribution in [0.1, 0.15) is 31.4 Å². The van der Waals surface area contributed by atoms with E-state index in [-0.39, 0.29) is 12.3 Å². The van der Waals surface area contributed by atoms with Gasteiger partial charge in [-0.25, -0.2) is 4.79 Å². The van der Waals surface area contributed by atoms with Crippen molar-refractivity contribution >= 4 is 11.9 Å². The Kier molecular flexibility index (Phi) is 6.68. The largest absolute Gasteiger partial charge is 0.497 e. The Balaban J connectivity index is 2.90. The van der Waals surface area contributed by atoms with E-state index >= 15 is 0 Å². The Bertz CT molecular complexity index is 471. The summed E-state index contributed by atoms with van der Waals surface area (Å²) >= 11 is 0. The summed E-state index contributed by atoms with van der Waals surface area (Å²) < 4.78 is 9.67. The first-order chi connectivity index (χ1) is 10.0. The van der Waals surface area contributed by atoms with Crippen molar-refractivity contribution in [2.75, 3.05) is 14.2 Å². The van der Waals surface area contributed by atoms with Gasteiger partial charge in [-0.15, -0.1) is 0 Å². The Labute approximate surface area is 124 Å². The minimum Gasteiger partial charge on any atom is -0.497 e. The van der Waals surface area contributed by atoms with Crippen LogP contribution in [0.25, 0.3) is 0 Å². The number of esters is 1. The molecule has 0 spiro atoms. The number of carbonyl (C=O) groups excluding carboxylic acids is 2. The predicted octanol–water partition coefficient (Wildman–Crippen LogP) is 1.19. The average Bonchev–Trinajstić information content (AvgIpc) is 2.51. The summed E-state index contributed by atoms with van der Waals surface area (Å²) in [5.74, 6) is -0.362. The molecule has 1 aromatic carbocycles. The van der Waals surface area contributed by atoms with E-state index in [0.717, 1.165) is 0 Å². The highest BCUT2D eigenvalue weighted by Gasteiger charge is 2.30. The van der Waals surface area contributed by atoms with Gasteiger partial charge in [-0.05, 0) is 24.1 Å². The average molecular weight is 295 g/mol. The van der Waals surface area contributed by atoms with Crippen molar-refractivity contribution in [1.29, 1.82) is 0 Å². The van der Waals surface area contributed by atoms with Crippen molar-refractivity contribution < 1.29 is 24.2 Å². The third-order valence-corrected chi connectivity index (χ3v) is 3.02. The van der Waals surface area contributed by atoms with E-state index in [0.29, 0.717) is 17.7 Å². The van der Waals surface area contributed by atoms with Crippen LogP contribution in [0.3, 0.4) is 0 Å². The smallest absolute Gasteiger partial charge is 0.331 e. The summed E-state index contributed by atoms with van der Waals surface area (Å²) in [6.45, 7) is 1.85. The lowest BCUT2D eigenvalue weighted by molar-refractivity contribution is -0.148. The van der Waals surface area contributed by atoms with E-state index in [2.05, 4.69) is 10.1 Å². The van der Waals surface area contributed by atoms with Crippen LogP contribution in [0.5, 0.6) is 5.75 Å². The van der Waals surface area contributed by atoms with Crippen molar-refractivity contribution in [2.24, 2.45) is 0 Å². The van der Waals surface area contributed by atoms with Crippen molar-refractivity contribution in [2.45, 2.75) is 31.9 Å². The van der Waals surface area contributed by atoms with Crippen LogP contribution >= 0.6 is 0 Å². The maximum absolute atomic E-state index is 11.8. The van der Waals surface area contributed by atoms with Gasteiger partial charge in [0.05, 0.1) is 14.2 Å². The normalized spacial score (nSPS) is 13.1. The maximum Gasteiger partial charge on any atom is 0.331 e. The van der Waals surface area contributed by atoms with Crippen LogP contribution < -0.4 is 10.1 Å². The van der Waals surface area contributed by atoms with Gasteiger partial charge in [-0.2, -0.15) is 0 Å². The molecule has 2 unspecified atom stereocenters. The number of benzene rings is 1. The number of methoxy groups -OCH3 is 2. The molecule has 0 bridgehead atoms. The van der Waals surface area contributed by atoms with E-state index < -0.39 is 18.1 Å². The molecule has 0 fully saturated rings. The van der Waals surface area contributed by atoms with Crippen molar-refractivity contribution in [1.82, 2.24) is 5.32 Å². The van der Waals surface area contributed by atoms with Crippen LogP contribution in [0.2, 0.25) is 0 Å². The first-order valence-corrected chi connectivity index (χ1v) is 6.72. The van der Waals surface area contributed by atoms with Crippen LogP contribution in [-0.4, -0.2) is 37.2 Å². The topological polar surface area (TPSA) is 84.9 Å². The molecule has 21 heavy (non-hydrogen) atoms. The number of ether oxygens (including phenoxy) is 2. The molecule has 1 rings (SSSR count). The molecule has 0 saturated carbocycles. The zero-order valence-electron chi connectivity index (χ0n) is 12.5. The number of aliphatic hydroxyl groups excluding tert-OH is 1. The lowest BCUT2D eigenvalue weighted by atomic mass is 10.0. The van der Waals surface area contributed by atoms with E-state index in [1.54, 1.807) is 24.3 Å². The van der Waals surface area contributed by atoms with Gasteiger partial charge in [0.25, 0.3) is 0 Å². The summed E-state index contributed by atoms with van der Waals surface area (Å²) in [4.78, 5) is 23.4. The summed E-state index contributed by atoms with van der Waals surface area (Å²) in [6.07, 6.45) is -0.259. The minimum atomic E-state index is -1.19. The molecule has 6 nitrogen and oxygen atoms in total. The Morgan fingerprint density at radius 2 is 1.86 bits per heavy atom. The minimum absolute atomic E-state index is 0.281. The van der Waals surface area contributed by atoms with Gasteiger partial charge < -0.3 is 19.9 Å². The zero-order chi connectivity index (χ0) is 15.8. The molecule has 0 aliphatic carbocycles. The second-order valence-electron chi connectivity index (χ2n) is 4.54. The lowest BCUT2D eigenvalue weighted by Gasteiger charge is -2.22. The van der Waals surface area contributed by atoms with Crippen LogP contribution in [0.4, 0.5) is 0 Å². The molecule has 0 radical (unpaired) electrons. The fourth-order valence-electron chi connectivity index (χ4n) is 1.86. The monoisotopic (exact) mass is 295 g/mol. The number of amides is 1. The van der Waals surface area contributed by atoms with Gasteiger partial charge >= 0.3 is 5.97 Å². The molecule has 1 amide bonds. The molecule has 0 aliphatic rings. The Morgan fingerprint density at radius 3 is 2.33 bits per heavy atom. The van der Waals surface area contributed by atoms with Gasteiger partial charge in [0.15, 0.2) is 6.04 Å². The molecule has 6 heteroatoms. The maximum atomic E-state index is 11.8. The molecule has 0 heterocycles. The van der Waals surface area contributed by atoms with Crippen molar-refractivity contribution in [3.05, 3.63) is 29.8 Å². The molecule has 1 aromatic rings. The van der Waals surface area contributed by atoms with E-state index in [1.165, 1.54) is 14.2 Å². The van der Waals surface area contributed by atoms with Gasteiger partial charge in [-0.3, -0.25) is 4.79 Å². The third-order valence-electron chi connectivity index (χ3n) is 3.02. The van der Waals surface area contributed by atoms with Gasteiger partial charge in [0.2, 0.25) is 5.91 Å². The number of hydrogen-bond donors (Lipinski definition) is 2. The number of carbonyl (C=O) groups is 2. The molecule has 0 saturated heterocycles. The lowest BCUT2D eigenvalue weighted by Crippen LogP contribution is -2.45. The highest BCUT2D eigenvalue weighted by molar-refractivity contribution is 5.85. The summed E-state index contributed by atoms with van der Waals surface area (Å²) in [5, 5.41) is 12.8. The van der Waals surface area contributed by atoms with Gasteiger partial charge in [0, 0.05) is 6.42 Å². The molecule has 2 atom stereocenters. The van der Waals surface area contributed by atoms with Crippen molar-refractivity contribution in [3.63, 3.8) is 0 Å². The first kappa shape index (κ1) is 17.0. The van der Waals surface area contributed by atoms with E-state index in [4.69, 9.17) is 4.74 Å². The van der Waals surface area contributed by atoms with Crippen LogP contribution in [0.15, 0.2) is 24.3 Å². The fraction of sp³-hybridized carbons (Fsp3) is 0.467. The molecular formula is C15H21NO5. The van der Waals surface area contributed by atoms with Gasteiger partial charge in [-0.1, -0.05) is 19.1 Å².